The molecule has 0 saturated heterocycles. The number of pyridine rings is 1. The topological polar surface area (TPSA) is 39.7 Å². The molecule has 0 fully saturated rings. The molecule has 5 nitrogen and oxygen atoms in total. The van der Waals surface area contributed by atoms with E-state index >= 15 is 0 Å². The average Bonchev–Trinajstić information content (AvgIpc) is 3.05. The average molecular weight is 364 g/mol. The van der Waals surface area contributed by atoms with Crippen LogP contribution in [0.3, 0.4) is 0 Å². The van der Waals surface area contributed by atoms with Crippen molar-refractivity contribution in [1.82, 2.24) is 14.8 Å². The Morgan fingerprint density at radius 3 is 2.85 bits per heavy atom. The summed E-state index contributed by atoms with van der Waals surface area (Å²) in [5.74, 6) is 0.182. The van der Waals surface area contributed by atoms with Crippen LogP contribution in [0, 0.1) is 0 Å². The van der Waals surface area contributed by atoms with Gasteiger partial charge in [-0.15, -0.1) is 0 Å². The van der Waals surface area contributed by atoms with Gasteiger partial charge in [-0.2, -0.15) is 0 Å². The maximum absolute atomic E-state index is 13.1. The van der Waals surface area contributed by atoms with E-state index in [9.17, 15) is 4.79 Å². The number of anilines is 1. The molecule has 5 heteroatoms. The Balaban J connectivity index is 1.39. The minimum absolute atomic E-state index is 0.182. The Morgan fingerprint density at radius 1 is 1.15 bits per heavy atom. The van der Waals surface area contributed by atoms with Crippen molar-refractivity contribution in [2.24, 2.45) is 0 Å². The summed E-state index contributed by atoms with van der Waals surface area (Å²) in [6.07, 6.45) is 3.83. The normalized spacial score (nSPS) is 17.2. The molecule has 1 unspecified atom stereocenters. The highest BCUT2D eigenvalue weighted by Crippen LogP contribution is 2.34. The van der Waals surface area contributed by atoms with E-state index in [1.807, 2.05) is 35.4 Å². The Labute approximate surface area is 161 Å². The molecule has 0 aliphatic carbocycles. The number of rotatable bonds is 6. The molecule has 2 aliphatic rings. The van der Waals surface area contributed by atoms with Crippen LogP contribution in [0.25, 0.3) is 0 Å². The second-order valence-electron chi connectivity index (χ2n) is 7.70. The monoisotopic (exact) mass is 364 g/mol. The number of amides is 1. The number of hydrogen-bond acceptors (Lipinski definition) is 4. The molecule has 1 aromatic carbocycles. The van der Waals surface area contributed by atoms with Gasteiger partial charge in [0.25, 0.3) is 5.91 Å². The quantitative estimate of drug-likeness (QED) is 0.789. The molecule has 0 radical (unpaired) electrons. The number of carbonyl (C=O) groups excluding carboxylic acids is 1. The van der Waals surface area contributed by atoms with E-state index < -0.39 is 0 Å². The maximum atomic E-state index is 13.1. The molecule has 0 bridgehead atoms. The number of nitrogens with zero attached hydrogens (tertiary/aromatic N) is 4. The fraction of sp³-hybridized carbons (Fsp3) is 0.455. The number of carbonyl (C=O) groups is 1. The summed E-state index contributed by atoms with van der Waals surface area (Å²) in [7, 11) is 2.14. The van der Waals surface area contributed by atoms with Crippen molar-refractivity contribution < 1.29 is 4.79 Å². The summed E-state index contributed by atoms with van der Waals surface area (Å²) in [5.41, 5.74) is 4.50. The van der Waals surface area contributed by atoms with Gasteiger partial charge < -0.3 is 14.7 Å². The predicted octanol–water partition coefficient (Wildman–Crippen LogP) is 2.46. The standard InChI is InChI=1S/C22H28N4O/c1-17(16-19-7-3-4-10-23-19)24(2)12-13-26-15-14-25-11-9-18-6-5-8-20(21(18)25)22(26)27/h3-8,10,17H,9,11-16H2,1-2H3. The number of benzene rings is 1. The van der Waals surface area contributed by atoms with Gasteiger partial charge in [0.2, 0.25) is 0 Å². The van der Waals surface area contributed by atoms with Crippen molar-refractivity contribution in [3.8, 4) is 0 Å². The van der Waals surface area contributed by atoms with E-state index in [1.54, 1.807) is 0 Å². The van der Waals surface area contributed by atoms with E-state index in [2.05, 4.69) is 40.9 Å². The molecule has 4 rings (SSSR count). The van der Waals surface area contributed by atoms with Crippen LogP contribution in [0.4, 0.5) is 5.69 Å². The van der Waals surface area contributed by atoms with Gasteiger partial charge in [0.15, 0.2) is 0 Å². The van der Waals surface area contributed by atoms with Crippen molar-refractivity contribution in [2.75, 3.05) is 44.7 Å². The van der Waals surface area contributed by atoms with Crippen LogP contribution in [0.15, 0.2) is 42.6 Å². The largest absolute Gasteiger partial charge is 0.369 e. The summed E-state index contributed by atoms with van der Waals surface area (Å²) in [6.45, 7) is 6.63. The Bertz CT molecular complexity index is 807. The first-order valence-electron chi connectivity index (χ1n) is 9.90. The number of para-hydroxylation sites is 1. The molecule has 2 aliphatic heterocycles. The minimum Gasteiger partial charge on any atom is -0.369 e. The minimum atomic E-state index is 0.182. The Kier molecular flexibility index (Phi) is 5.12. The molecule has 2 aromatic rings. The Morgan fingerprint density at radius 2 is 2.04 bits per heavy atom. The molecule has 0 saturated carbocycles. The summed E-state index contributed by atoms with van der Waals surface area (Å²) >= 11 is 0. The summed E-state index contributed by atoms with van der Waals surface area (Å²) in [6, 6.07) is 12.6. The summed E-state index contributed by atoms with van der Waals surface area (Å²) in [4.78, 5) is 24.3. The maximum Gasteiger partial charge on any atom is 0.256 e. The molecule has 142 valence electrons. The first-order valence-corrected chi connectivity index (χ1v) is 9.90. The molecule has 1 aromatic heterocycles. The third-order valence-electron chi connectivity index (χ3n) is 5.95. The lowest BCUT2D eigenvalue weighted by molar-refractivity contribution is 0.0743. The van der Waals surface area contributed by atoms with Crippen LogP contribution < -0.4 is 4.90 Å². The zero-order valence-corrected chi connectivity index (χ0v) is 16.3. The van der Waals surface area contributed by atoms with E-state index in [1.165, 1.54) is 11.3 Å². The van der Waals surface area contributed by atoms with Gasteiger partial charge >= 0.3 is 0 Å². The SMILES string of the molecule is CC(Cc1ccccn1)N(C)CCN1CCN2CCc3cccc(c32)C1=O. The van der Waals surface area contributed by atoms with Crippen molar-refractivity contribution in [2.45, 2.75) is 25.8 Å². The van der Waals surface area contributed by atoms with Crippen molar-refractivity contribution >= 4 is 11.6 Å². The van der Waals surface area contributed by atoms with Crippen molar-refractivity contribution in [3.63, 3.8) is 0 Å². The highest BCUT2D eigenvalue weighted by Gasteiger charge is 2.31. The van der Waals surface area contributed by atoms with Gasteiger partial charge in [0.1, 0.15) is 0 Å². The van der Waals surface area contributed by atoms with E-state index in [4.69, 9.17) is 0 Å². The lowest BCUT2D eigenvalue weighted by atomic mass is 10.1. The van der Waals surface area contributed by atoms with Crippen molar-refractivity contribution in [1.29, 1.82) is 0 Å². The molecule has 1 atom stereocenters. The Hall–Kier alpha value is -2.40. The van der Waals surface area contributed by atoms with E-state index in [-0.39, 0.29) is 5.91 Å². The van der Waals surface area contributed by atoms with Gasteiger partial charge in [-0.3, -0.25) is 9.78 Å². The summed E-state index contributed by atoms with van der Waals surface area (Å²) in [5, 5.41) is 0. The molecule has 0 N–H and O–H groups in total. The fourth-order valence-corrected chi connectivity index (χ4v) is 4.13. The van der Waals surface area contributed by atoms with Gasteiger partial charge in [-0.25, -0.2) is 0 Å². The molecular formula is C22H28N4O. The van der Waals surface area contributed by atoms with Crippen LogP contribution in [0.5, 0.6) is 0 Å². The van der Waals surface area contributed by atoms with Gasteiger partial charge in [-0.05, 0) is 44.2 Å². The number of hydrogen-bond donors (Lipinski definition) is 0. The zero-order valence-electron chi connectivity index (χ0n) is 16.3. The van der Waals surface area contributed by atoms with Crippen LogP contribution in [0.2, 0.25) is 0 Å². The van der Waals surface area contributed by atoms with Crippen LogP contribution in [-0.4, -0.2) is 66.5 Å². The zero-order chi connectivity index (χ0) is 18.8. The van der Waals surface area contributed by atoms with Gasteiger partial charge in [0.05, 0.1) is 11.3 Å². The van der Waals surface area contributed by atoms with E-state index in [0.717, 1.165) is 56.8 Å². The van der Waals surface area contributed by atoms with Crippen LogP contribution >= 0.6 is 0 Å². The smallest absolute Gasteiger partial charge is 0.256 e. The second-order valence-corrected chi connectivity index (χ2v) is 7.70. The summed E-state index contributed by atoms with van der Waals surface area (Å²) < 4.78 is 0. The number of likely N-dealkylation sites (N-methyl/N-ethyl adjacent to an activating group) is 1. The number of aromatic nitrogens is 1. The lowest BCUT2D eigenvalue weighted by Gasteiger charge is -2.28. The molecule has 27 heavy (non-hydrogen) atoms. The van der Waals surface area contributed by atoms with E-state index in [0.29, 0.717) is 6.04 Å². The second kappa shape index (κ2) is 7.69. The third kappa shape index (κ3) is 3.69. The first-order chi connectivity index (χ1) is 13.1. The third-order valence-corrected chi connectivity index (χ3v) is 5.95. The molecular weight excluding hydrogens is 336 g/mol. The first kappa shape index (κ1) is 18.0. The lowest BCUT2D eigenvalue weighted by Crippen LogP contribution is -2.42. The highest BCUT2D eigenvalue weighted by molar-refractivity contribution is 6.01. The van der Waals surface area contributed by atoms with Gasteiger partial charge in [0, 0.05) is 57.1 Å². The molecule has 3 heterocycles. The van der Waals surface area contributed by atoms with Crippen molar-refractivity contribution in [3.05, 3.63) is 59.4 Å². The van der Waals surface area contributed by atoms with Gasteiger partial charge in [-0.1, -0.05) is 18.2 Å². The van der Waals surface area contributed by atoms with Crippen LogP contribution in [-0.2, 0) is 12.8 Å². The highest BCUT2D eigenvalue weighted by atomic mass is 16.2. The molecule has 0 spiro atoms. The molecule has 1 amide bonds. The van der Waals surface area contributed by atoms with Crippen LogP contribution in [0.1, 0.15) is 28.5 Å². The fourth-order valence-electron chi connectivity index (χ4n) is 4.13. The predicted molar refractivity (Wildman–Crippen MR) is 108 cm³/mol.